The maximum Gasteiger partial charge on any atom is 0.205 e. The Morgan fingerprint density at radius 1 is 1.15 bits per heavy atom. The topological polar surface area (TPSA) is 58.3 Å². The van der Waals surface area contributed by atoms with Crippen molar-refractivity contribution in [1.82, 2.24) is 14.3 Å². The quantitative estimate of drug-likeness (QED) is 0.741. The molecule has 1 saturated heterocycles. The average Bonchev–Trinajstić information content (AvgIpc) is 2.93. The summed E-state index contributed by atoms with van der Waals surface area (Å²) >= 11 is 1.55. The lowest BCUT2D eigenvalue weighted by atomic mass is 10.2. The van der Waals surface area contributed by atoms with Crippen molar-refractivity contribution in [3.63, 3.8) is 0 Å². The lowest BCUT2D eigenvalue weighted by Gasteiger charge is -2.34. The van der Waals surface area contributed by atoms with Crippen LogP contribution in [0, 0.1) is 0 Å². The molecule has 114 valence electrons. The molecule has 0 atom stereocenters. The minimum Gasteiger partial charge on any atom is -0.344 e. The van der Waals surface area contributed by atoms with Crippen LogP contribution >= 0.6 is 11.5 Å². The number of piperazine rings is 1. The predicted molar refractivity (Wildman–Crippen MR) is 85.5 cm³/mol. The van der Waals surface area contributed by atoms with Gasteiger partial charge in [0, 0.05) is 44.1 Å². The monoisotopic (exact) mass is 297 g/mol. The Labute approximate surface area is 126 Å². The molecule has 0 saturated carbocycles. The Bertz CT molecular complexity index is 373. The Hall–Kier alpha value is -0.720. The fraction of sp³-hybridized carbons (Fsp3) is 0.857. The molecule has 0 bridgehead atoms. The van der Waals surface area contributed by atoms with Crippen LogP contribution in [0.25, 0.3) is 0 Å². The molecule has 1 aliphatic rings. The summed E-state index contributed by atoms with van der Waals surface area (Å²) in [6.07, 6.45) is 5.81. The van der Waals surface area contributed by atoms with Gasteiger partial charge in [-0.15, -0.1) is 0 Å². The Kier molecular flexibility index (Phi) is 6.69. The van der Waals surface area contributed by atoms with E-state index in [2.05, 4.69) is 26.1 Å². The van der Waals surface area contributed by atoms with E-state index in [4.69, 9.17) is 5.73 Å². The van der Waals surface area contributed by atoms with Crippen molar-refractivity contribution in [2.24, 2.45) is 5.73 Å². The second-order valence-electron chi connectivity index (χ2n) is 5.42. The third kappa shape index (κ3) is 4.68. The van der Waals surface area contributed by atoms with E-state index in [1.54, 1.807) is 11.5 Å². The smallest absolute Gasteiger partial charge is 0.205 e. The van der Waals surface area contributed by atoms with E-state index in [-0.39, 0.29) is 0 Å². The number of rotatable bonds is 8. The van der Waals surface area contributed by atoms with E-state index < -0.39 is 0 Å². The van der Waals surface area contributed by atoms with Gasteiger partial charge in [0.05, 0.1) is 0 Å². The highest BCUT2D eigenvalue weighted by molar-refractivity contribution is 7.09. The van der Waals surface area contributed by atoms with Gasteiger partial charge in [0.1, 0.15) is 5.82 Å². The molecule has 1 fully saturated rings. The van der Waals surface area contributed by atoms with Crippen LogP contribution in [0.1, 0.15) is 38.4 Å². The first-order valence-electron chi connectivity index (χ1n) is 7.83. The van der Waals surface area contributed by atoms with Gasteiger partial charge in [-0.25, -0.2) is 4.98 Å². The molecule has 0 radical (unpaired) electrons. The van der Waals surface area contributed by atoms with Crippen LogP contribution in [-0.2, 0) is 6.42 Å². The summed E-state index contributed by atoms with van der Waals surface area (Å²) in [4.78, 5) is 9.57. The second-order valence-corrected chi connectivity index (χ2v) is 6.15. The van der Waals surface area contributed by atoms with Crippen molar-refractivity contribution in [1.29, 1.82) is 0 Å². The van der Waals surface area contributed by atoms with Crippen LogP contribution in [0.4, 0.5) is 5.13 Å². The third-order valence-corrected chi connectivity index (χ3v) is 4.57. The summed E-state index contributed by atoms with van der Waals surface area (Å²) in [7, 11) is 0. The molecule has 2 N–H and O–H groups in total. The molecule has 1 aliphatic heterocycles. The molecular weight excluding hydrogens is 270 g/mol. The van der Waals surface area contributed by atoms with Crippen LogP contribution in [0.3, 0.4) is 0 Å². The average molecular weight is 297 g/mol. The fourth-order valence-electron chi connectivity index (χ4n) is 2.52. The van der Waals surface area contributed by atoms with Crippen LogP contribution in [-0.4, -0.2) is 53.5 Å². The van der Waals surface area contributed by atoms with E-state index in [0.29, 0.717) is 0 Å². The number of anilines is 1. The molecule has 0 amide bonds. The summed E-state index contributed by atoms with van der Waals surface area (Å²) in [5.41, 5.74) is 5.52. The second kappa shape index (κ2) is 8.54. The summed E-state index contributed by atoms with van der Waals surface area (Å²) in [6, 6.07) is 0. The van der Waals surface area contributed by atoms with Gasteiger partial charge in [-0.3, -0.25) is 4.90 Å². The van der Waals surface area contributed by atoms with E-state index in [9.17, 15) is 0 Å². The molecule has 2 rings (SSSR count). The Morgan fingerprint density at radius 3 is 2.65 bits per heavy atom. The molecule has 1 aromatic heterocycles. The summed E-state index contributed by atoms with van der Waals surface area (Å²) in [5.74, 6) is 1.01. The molecule has 0 aromatic carbocycles. The summed E-state index contributed by atoms with van der Waals surface area (Å²) in [5, 5.41) is 1.11. The molecule has 6 heteroatoms. The minimum atomic E-state index is 0.824. The first-order chi connectivity index (χ1) is 9.83. The highest BCUT2D eigenvalue weighted by Gasteiger charge is 2.19. The predicted octanol–water partition coefficient (Wildman–Crippen LogP) is 1.74. The first kappa shape index (κ1) is 15.7. The maximum atomic E-state index is 5.52. The van der Waals surface area contributed by atoms with Gasteiger partial charge >= 0.3 is 0 Å². The largest absolute Gasteiger partial charge is 0.344 e. The normalized spacial score (nSPS) is 16.8. The highest BCUT2D eigenvalue weighted by atomic mass is 32.1. The number of nitrogens with two attached hydrogens (primary N) is 1. The van der Waals surface area contributed by atoms with Crippen LogP contribution in [0.2, 0.25) is 0 Å². The van der Waals surface area contributed by atoms with E-state index in [1.165, 1.54) is 19.4 Å². The number of aryl methyl sites for hydroxylation is 1. The van der Waals surface area contributed by atoms with Crippen molar-refractivity contribution in [3.05, 3.63) is 5.82 Å². The van der Waals surface area contributed by atoms with Crippen molar-refractivity contribution < 1.29 is 0 Å². The van der Waals surface area contributed by atoms with E-state index >= 15 is 0 Å². The Balaban J connectivity index is 1.70. The lowest BCUT2D eigenvalue weighted by molar-refractivity contribution is 0.252. The van der Waals surface area contributed by atoms with Crippen molar-refractivity contribution in [2.45, 2.75) is 39.0 Å². The molecular formula is C14H27N5S. The highest BCUT2D eigenvalue weighted by Crippen LogP contribution is 2.19. The minimum absolute atomic E-state index is 0.824. The van der Waals surface area contributed by atoms with Gasteiger partial charge in [-0.2, -0.15) is 4.37 Å². The molecule has 20 heavy (non-hydrogen) atoms. The molecule has 5 nitrogen and oxygen atoms in total. The molecule has 0 aliphatic carbocycles. The molecule has 1 aromatic rings. The van der Waals surface area contributed by atoms with Gasteiger partial charge < -0.3 is 10.6 Å². The van der Waals surface area contributed by atoms with Gasteiger partial charge in [-0.05, 0) is 32.4 Å². The number of hydrogen-bond donors (Lipinski definition) is 1. The van der Waals surface area contributed by atoms with Gasteiger partial charge in [0.2, 0.25) is 5.13 Å². The van der Waals surface area contributed by atoms with Gasteiger partial charge in [-0.1, -0.05) is 13.3 Å². The van der Waals surface area contributed by atoms with E-state index in [1.807, 2.05) is 0 Å². The Morgan fingerprint density at radius 2 is 1.95 bits per heavy atom. The number of nitrogens with zero attached hydrogens (tertiary/aromatic N) is 4. The first-order valence-corrected chi connectivity index (χ1v) is 8.60. The zero-order chi connectivity index (χ0) is 14.2. The van der Waals surface area contributed by atoms with Crippen molar-refractivity contribution in [3.8, 4) is 0 Å². The molecule has 2 heterocycles. The van der Waals surface area contributed by atoms with Crippen molar-refractivity contribution in [2.75, 3.05) is 44.2 Å². The number of hydrogen-bond acceptors (Lipinski definition) is 6. The maximum absolute atomic E-state index is 5.52. The summed E-state index contributed by atoms with van der Waals surface area (Å²) < 4.78 is 4.43. The van der Waals surface area contributed by atoms with Crippen LogP contribution in [0.5, 0.6) is 0 Å². The lowest BCUT2D eigenvalue weighted by Crippen LogP contribution is -2.46. The van der Waals surface area contributed by atoms with Gasteiger partial charge in [0.15, 0.2) is 0 Å². The number of aromatic nitrogens is 2. The molecule has 0 unspecified atom stereocenters. The SMILES string of the molecule is CCCc1nsc(N2CCN(CCCCCN)CC2)n1. The van der Waals surface area contributed by atoms with Crippen LogP contribution < -0.4 is 10.6 Å². The number of unbranched alkanes of at least 4 members (excludes halogenated alkanes) is 2. The van der Waals surface area contributed by atoms with Crippen LogP contribution in [0.15, 0.2) is 0 Å². The zero-order valence-corrected chi connectivity index (χ0v) is 13.4. The third-order valence-electron chi connectivity index (χ3n) is 3.75. The molecule has 0 spiro atoms. The summed E-state index contributed by atoms with van der Waals surface area (Å²) in [6.45, 7) is 8.66. The van der Waals surface area contributed by atoms with E-state index in [0.717, 1.165) is 62.9 Å². The zero-order valence-electron chi connectivity index (χ0n) is 12.6. The van der Waals surface area contributed by atoms with Gasteiger partial charge in [0.25, 0.3) is 0 Å². The van der Waals surface area contributed by atoms with Crippen molar-refractivity contribution >= 4 is 16.7 Å². The standard InChI is InChI=1S/C14H27N5S/c1-2-6-13-16-14(20-17-13)19-11-9-18(10-12-19)8-5-3-4-7-15/h2-12,15H2,1H3. The fourth-order valence-corrected chi connectivity index (χ4v) is 3.28.